The lowest BCUT2D eigenvalue weighted by Gasteiger charge is -2.32. The van der Waals surface area contributed by atoms with Gasteiger partial charge in [0.1, 0.15) is 0 Å². The Morgan fingerprint density at radius 1 is 1.21 bits per heavy atom. The Kier molecular flexibility index (Phi) is 9.58. The van der Waals surface area contributed by atoms with Crippen molar-refractivity contribution in [2.45, 2.75) is 71.1 Å². The van der Waals surface area contributed by atoms with Crippen molar-refractivity contribution in [1.82, 2.24) is 4.90 Å². The van der Waals surface area contributed by atoms with Crippen molar-refractivity contribution in [3.63, 3.8) is 0 Å². The molecular weight excluding hydrogens is 302 g/mol. The molecule has 0 aliphatic carbocycles. The van der Waals surface area contributed by atoms with Gasteiger partial charge in [0.05, 0.1) is 0 Å². The molecule has 0 spiro atoms. The Morgan fingerprint density at radius 3 is 2.68 bits per heavy atom. The summed E-state index contributed by atoms with van der Waals surface area (Å²) in [4.78, 5) is 14.3. The molecule has 1 rings (SSSR count). The van der Waals surface area contributed by atoms with Gasteiger partial charge in [-0.05, 0) is 31.6 Å². The van der Waals surface area contributed by atoms with E-state index in [-0.39, 0.29) is 0 Å². The molecule has 0 saturated carbocycles. The van der Waals surface area contributed by atoms with Gasteiger partial charge in [-0.2, -0.15) is 0 Å². The number of unbranched alkanes of at least 4 members (excludes halogenated alkanes) is 5. The Hall–Kier alpha value is -0.0500. The summed E-state index contributed by atoms with van der Waals surface area (Å²) in [5, 5.41) is 1.07. The van der Waals surface area contributed by atoms with Gasteiger partial charge in [-0.3, -0.25) is 4.79 Å². The van der Waals surface area contributed by atoms with Gasteiger partial charge in [0, 0.05) is 24.8 Å². The molecule has 1 heterocycles. The minimum atomic E-state index is 0.398. The van der Waals surface area contributed by atoms with Crippen LogP contribution >= 0.6 is 15.9 Å². The van der Waals surface area contributed by atoms with Crippen LogP contribution in [0.3, 0.4) is 0 Å². The summed E-state index contributed by atoms with van der Waals surface area (Å²) in [6, 6.07) is 0. The standard InChI is InChI=1S/C16H30BrNO/c1-2-3-4-5-6-7-10-16(19)18-13-8-9-15(14-18)11-12-17/h15H,2-14H2,1H3. The number of carbonyl (C=O) groups is 1. The van der Waals surface area contributed by atoms with E-state index < -0.39 is 0 Å². The Bertz CT molecular complexity index is 243. The summed E-state index contributed by atoms with van der Waals surface area (Å²) in [5.74, 6) is 1.12. The summed E-state index contributed by atoms with van der Waals surface area (Å²) in [6.45, 7) is 4.23. The Morgan fingerprint density at radius 2 is 1.95 bits per heavy atom. The fourth-order valence-electron chi connectivity index (χ4n) is 2.90. The van der Waals surface area contributed by atoms with Gasteiger partial charge in [-0.15, -0.1) is 0 Å². The monoisotopic (exact) mass is 331 g/mol. The molecule has 112 valence electrons. The highest BCUT2D eigenvalue weighted by Gasteiger charge is 2.22. The number of hydrogen-bond donors (Lipinski definition) is 0. The average Bonchev–Trinajstić information content (AvgIpc) is 2.43. The molecule has 0 aromatic carbocycles. The summed E-state index contributed by atoms with van der Waals surface area (Å²) in [5.41, 5.74) is 0. The van der Waals surface area contributed by atoms with Crippen LogP contribution in [-0.2, 0) is 4.79 Å². The predicted octanol–water partition coefficient (Wildman–Crippen LogP) is 4.76. The number of carbonyl (C=O) groups excluding carboxylic acids is 1. The number of piperidine rings is 1. The molecule has 19 heavy (non-hydrogen) atoms. The summed E-state index contributed by atoms with van der Waals surface area (Å²) in [7, 11) is 0. The van der Waals surface area contributed by atoms with Crippen LogP contribution in [0.1, 0.15) is 71.1 Å². The smallest absolute Gasteiger partial charge is 0.222 e. The van der Waals surface area contributed by atoms with Gasteiger partial charge in [-0.25, -0.2) is 0 Å². The largest absolute Gasteiger partial charge is 0.342 e. The molecule has 1 aliphatic heterocycles. The summed E-state index contributed by atoms with van der Waals surface area (Å²) >= 11 is 3.51. The molecule has 0 bridgehead atoms. The van der Waals surface area contributed by atoms with E-state index in [0.717, 1.165) is 37.2 Å². The van der Waals surface area contributed by atoms with Gasteiger partial charge in [0.2, 0.25) is 5.91 Å². The van der Waals surface area contributed by atoms with E-state index in [1.165, 1.54) is 51.4 Å². The first kappa shape index (κ1) is 17.0. The van der Waals surface area contributed by atoms with Crippen LogP contribution in [0, 0.1) is 5.92 Å². The normalized spacial score (nSPS) is 19.7. The minimum Gasteiger partial charge on any atom is -0.342 e. The third-order valence-electron chi connectivity index (χ3n) is 4.13. The highest BCUT2D eigenvalue weighted by atomic mass is 79.9. The van der Waals surface area contributed by atoms with E-state index in [0.29, 0.717) is 5.91 Å². The lowest BCUT2D eigenvalue weighted by molar-refractivity contribution is -0.133. The van der Waals surface area contributed by atoms with E-state index >= 15 is 0 Å². The van der Waals surface area contributed by atoms with Crippen LogP contribution in [0.2, 0.25) is 0 Å². The van der Waals surface area contributed by atoms with Gasteiger partial charge < -0.3 is 4.90 Å². The molecular formula is C16H30BrNO. The highest BCUT2D eigenvalue weighted by molar-refractivity contribution is 9.09. The van der Waals surface area contributed by atoms with Gasteiger partial charge in [0.15, 0.2) is 0 Å². The van der Waals surface area contributed by atoms with Crippen molar-refractivity contribution in [3.8, 4) is 0 Å². The second-order valence-electron chi connectivity index (χ2n) is 5.84. The van der Waals surface area contributed by atoms with Gasteiger partial charge in [0.25, 0.3) is 0 Å². The van der Waals surface area contributed by atoms with Crippen molar-refractivity contribution >= 4 is 21.8 Å². The zero-order valence-electron chi connectivity index (χ0n) is 12.5. The van der Waals surface area contributed by atoms with Crippen molar-refractivity contribution in [2.75, 3.05) is 18.4 Å². The second kappa shape index (κ2) is 10.7. The Labute approximate surface area is 127 Å². The molecule has 0 radical (unpaired) electrons. The maximum atomic E-state index is 12.2. The number of alkyl halides is 1. The molecule has 1 amide bonds. The molecule has 0 aromatic heterocycles. The third kappa shape index (κ3) is 7.34. The van der Waals surface area contributed by atoms with Crippen LogP contribution in [0.25, 0.3) is 0 Å². The van der Waals surface area contributed by atoms with Crippen LogP contribution < -0.4 is 0 Å². The maximum absolute atomic E-state index is 12.2. The molecule has 1 aliphatic rings. The van der Waals surface area contributed by atoms with Crippen molar-refractivity contribution in [3.05, 3.63) is 0 Å². The first-order chi connectivity index (χ1) is 9.27. The zero-order chi connectivity index (χ0) is 13.9. The number of nitrogens with zero attached hydrogens (tertiary/aromatic N) is 1. The predicted molar refractivity (Wildman–Crippen MR) is 85.7 cm³/mol. The van der Waals surface area contributed by atoms with E-state index in [9.17, 15) is 4.79 Å². The minimum absolute atomic E-state index is 0.398. The highest BCUT2D eigenvalue weighted by Crippen LogP contribution is 2.21. The molecule has 3 heteroatoms. The Balaban J connectivity index is 2.11. The number of rotatable bonds is 9. The van der Waals surface area contributed by atoms with Crippen LogP contribution in [0.4, 0.5) is 0 Å². The molecule has 0 N–H and O–H groups in total. The average molecular weight is 332 g/mol. The fraction of sp³-hybridized carbons (Fsp3) is 0.938. The molecule has 1 atom stereocenters. The molecule has 1 saturated heterocycles. The van der Waals surface area contributed by atoms with Gasteiger partial charge >= 0.3 is 0 Å². The first-order valence-corrected chi connectivity index (χ1v) is 9.23. The second-order valence-corrected chi connectivity index (χ2v) is 6.64. The topological polar surface area (TPSA) is 20.3 Å². The number of halogens is 1. The zero-order valence-corrected chi connectivity index (χ0v) is 14.1. The number of hydrogen-bond acceptors (Lipinski definition) is 1. The van der Waals surface area contributed by atoms with Crippen molar-refractivity contribution < 1.29 is 4.79 Å². The number of likely N-dealkylation sites (tertiary alicyclic amines) is 1. The van der Waals surface area contributed by atoms with Crippen LogP contribution in [0.15, 0.2) is 0 Å². The quantitative estimate of drug-likeness (QED) is 0.440. The van der Waals surface area contributed by atoms with Gasteiger partial charge in [-0.1, -0.05) is 55.0 Å². The lowest BCUT2D eigenvalue weighted by atomic mass is 9.95. The van der Waals surface area contributed by atoms with E-state index in [1.54, 1.807) is 0 Å². The van der Waals surface area contributed by atoms with Crippen molar-refractivity contribution in [2.24, 2.45) is 5.92 Å². The van der Waals surface area contributed by atoms with Crippen molar-refractivity contribution in [1.29, 1.82) is 0 Å². The summed E-state index contributed by atoms with van der Waals surface area (Å²) < 4.78 is 0. The maximum Gasteiger partial charge on any atom is 0.222 e. The van der Waals surface area contributed by atoms with E-state index in [2.05, 4.69) is 27.8 Å². The lowest BCUT2D eigenvalue weighted by Crippen LogP contribution is -2.39. The molecule has 0 aromatic rings. The van der Waals surface area contributed by atoms with Crippen LogP contribution in [0.5, 0.6) is 0 Å². The van der Waals surface area contributed by atoms with Crippen LogP contribution in [-0.4, -0.2) is 29.2 Å². The number of amides is 1. The van der Waals surface area contributed by atoms with E-state index in [1.807, 2.05) is 0 Å². The molecule has 1 unspecified atom stereocenters. The third-order valence-corrected chi connectivity index (χ3v) is 4.59. The molecule has 2 nitrogen and oxygen atoms in total. The summed E-state index contributed by atoms with van der Waals surface area (Å²) in [6.07, 6.45) is 12.1. The fourth-order valence-corrected chi connectivity index (χ4v) is 3.54. The first-order valence-electron chi connectivity index (χ1n) is 8.11. The molecule has 1 fully saturated rings. The van der Waals surface area contributed by atoms with E-state index in [4.69, 9.17) is 0 Å². The SMILES string of the molecule is CCCCCCCCC(=O)N1CCCC(CCBr)C1.